The van der Waals surface area contributed by atoms with E-state index in [1.54, 1.807) is 0 Å². The number of fused-ring (bicyclic) bond motifs is 1. The van der Waals surface area contributed by atoms with Gasteiger partial charge in [0.05, 0.1) is 22.4 Å². The lowest BCUT2D eigenvalue weighted by atomic mass is 10.0. The molecule has 0 saturated heterocycles. The smallest absolute Gasteiger partial charge is 0.313 e. The van der Waals surface area contributed by atoms with Gasteiger partial charge in [0, 0.05) is 6.08 Å². The fraction of sp³-hybridized carbons (Fsp3) is 0.111. The van der Waals surface area contributed by atoms with E-state index >= 15 is 0 Å². The molecule has 0 aromatic carbocycles. The molecule has 2 rings (SSSR count). The van der Waals surface area contributed by atoms with Crippen LogP contribution in [0.1, 0.15) is 20.8 Å². The molecule has 82 valence electrons. The Morgan fingerprint density at radius 1 is 1.50 bits per heavy atom. The zero-order valence-electron chi connectivity index (χ0n) is 7.89. The number of thioether (sulfide) groups is 1. The largest absolute Gasteiger partial charge is 0.481 e. The van der Waals surface area contributed by atoms with Crippen molar-refractivity contribution in [1.29, 1.82) is 0 Å². The van der Waals surface area contributed by atoms with Gasteiger partial charge in [0.25, 0.3) is 0 Å². The lowest BCUT2D eigenvalue weighted by Crippen LogP contribution is -2.15. The first kappa shape index (κ1) is 10.6. The van der Waals surface area contributed by atoms with E-state index in [4.69, 9.17) is 5.11 Å². The van der Waals surface area contributed by atoms with Gasteiger partial charge in [-0.25, -0.2) is 0 Å². The van der Waals surface area contributed by atoms with Crippen LogP contribution in [0, 0.1) is 0 Å². The molecule has 1 aliphatic carbocycles. The third-order valence-electron chi connectivity index (χ3n) is 1.97. The first-order valence-corrected chi connectivity index (χ1v) is 5.27. The average Bonchev–Trinajstić information content (AvgIpc) is 2.70. The normalized spacial score (nSPS) is 14.6. The van der Waals surface area contributed by atoms with Crippen LogP contribution in [0.3, 0.4) is 0 Å². The third kappa shape index (κ3) is 1.76. The van der Waals surface area contributed by atoms with Gasteiger partial charge in [0.15, 0.2) is 0 Å². The number of carbonyl (C=O) groups excluding carboxylic acids is 2. The minimum Gasteiger partial charge on any atom is -0.481 e. The number of rotatable bonds is 3. The Morgan fingerprint density at radius 2 is 2.25 bits per heavy atom. The Morgan fingerprint density at radius 3 is 2.94 bits per heavy atom. The number of carboxylic acids is 1. The molecule has 0 fully saturated rings. The van der Waals surface area contributed by atoms with E-state index in [0.717, 1.165) is 17.8 Å². The predicted molar refractivity (Wildman–Crippen MR) is 55.4 cm³/mol. The third-order valence-corrected chi connectivity index (χ3v) is 2.97. The van der Waals surface area contributed by atoms with Crippen LogP contribution in [-0.4, -0.2) is 38.6 Å². The number of aromatic nitrogens is 2. The Labute approximate surface area is 93.7 Å². The summed E-state index contributed by atoms with van der Waals surface area (Å²) in [6.45, 7) is 0. The van der Waals surface area contributed by atoms with E-state index in [9.17, 15) is 14.4 Å². The molecule has 1 aliphatic rings. The average molecular weight is 238 g/mol. The van der Waals surface area contributed by atoms with Crippen LogP contribution in [0.2, 0.25) is 0 Å². The summed E-state index contributed by atoms with van der Waals surface area (Å²) in [5.74, 6) is -2.02. The van der Waals surface area contributed by atoms with Gasteiger partial charge in [-0.3, -0.25) is 19.5 Å². The molecule has 2 N–H and O–H groups in total. The highest BCUT2D eigenvalue weighted by atomic mass is 32.2. The number of ketones is 2. The molecule has 1 aromatic heterocycles. The van der Waals surface area contributed by atoms with Crippen molar-refractivity contribution in [2.45, 2.75) is 0 Å². The van der Waals surface area contributed by atoms with Crippen molar-refractivity contribution in [3.63, 3.8) is 0 Å². The van der Waals surface area contributed by atoms with Gasteiger partial charge >= 0.3 is 5.97 Å². The first-order chi connectivity index (χ1) is 7.59. The van der Waals surface area contributed by atoms with Crippen LogP contribution in [0.5, 0.6) is 0 Å². The highest BCUT2D eigenvalue weighted by molar-refractivity contribution is 8.04. The molecule has 16 heavy (non-hydrogen) atoms. The summed E-state index contributed by atoms with van der Waals surface area (Å²) in [6, 6.07) is 0. The quantitative estimate of drug-likeness (QED) is 0.794. The van der Waals surface area contributed by atoms with Gasteiger partial charge in [0.1, 0.15) is 5.69 Å². The number of aromatic amines is 1. The van der Waals surface area contributed by atoms with E-state index in [-0.39, 0.29) is 33.5 Å². The molecule has 0 spiro atoms. The van der Waals surface area contributed by atoms with Gasteiger partial charge < -0.3 is 5.11 Å². The number of Topliss-reactive ketones (excluding diaryl/α,β-unsaturated/α-hetero) is 1. The zero-order valence-corrected chi connectivity index (χ0v) is 8.71. The van der Waals surface area contributed by atoms with Gasteiger partial charge in [-0.15, -0.1) is 11.8 Å². The maximum atomic E-state index is 11.7. The summed E-state index contributed by atoms with van der Waals surface area (Å²) in [4.78, 5) is 33.7. The standard InChI is InChI=1S/C9H6N2O4S/c12-5-1-6(16-3-7(13)14)9(15)4-2-10-11-8(4)5/h1-2H,3H2,(H,10,11)(H,13,14). The number of carboxylic acid groups (broad SMARTS) is 1. The fourth-order valence-corrected chi connectivity index (χ4v) is 1.99. The number of allylic oxidation sites excluding steroid dienone is 2. The fourth-order valence-electron chi connectivity index (χ4n) is 1.28. The van der Waals surface area contributed by atoms with Crippen molar-refractivity contribution in [3.05, 3.63) is 28.4 Å². The van der Waals surface area contributed by atoms with Crippen LogP contribution in [0.15, 0.2) is 17.2 Å². The van der Waals surface area contributed by atoms with Crippen molar-refractivity contribution in [1.82, 2.24) is 10.2 Å². The summed E-state index contributed by atoms with van der Waals surface area (Å²) in [7, 11) is 0. The molecular formula is C9H6N2O4S. The molecule has 0 aliphatic heterocycles. The maximum Gasteiger partial charge on any atom is 0.313 e. The maximum absolute atomic E-state index is 11.7. The SMILES string of the molecule is O=C(O)CSC1=CC(=O)c2[nH]ncc2C1=O. The van der Waals surface area contributed by atoms with E-state index in [2.05, 4.69) is 10.2 Å². The number of hydrogen-bond acceptors (Lipinski definition) is 5. The second kappa shape index (κ2) is 3.93. The van der Waals surface area contributed by atoms with Crippen LogP contribution in [0.25, 0.3) is 0 Å². The number of H-pyrrole nitrogens is 1. The Balaban J connectivity index is 2.26. The molecule has 6 nitrogen and oxygen atoms in total. The summed E-state index contributed by atoms with van der Waals surface area (Å²) in [5, 5.41) is 14.5. The lowest BCUT2D eigenvalue weighted by Gasteiger charge is -2.08. The molecule has 0 unspecified atom stereocenters. The van der Waals surface area contributed by atoms with Crippen LogP contribution in [-0.2, 0) is 4.79 Å². The van der Waals surface area contributed by atoms with Gasteiger partial charge in [-0.05, 0) is 0 Å². The first-order valence-electron chi connectivity index (χ1n) is 4.28. The van der Waals surface area contributed by atoms with Crippen LogP contribution >= 0.6 is 11.8 Å². The van der Waals surface area contributed by atoms with Crippen LogP contribution < -0.4 is 0 Å². The molecule has 0 radical (unpaired) electrons. The monoisotopic (exact) mass is 238 g/mol. The minimum atomic E-state index is -1.04. The highest BCUT2D eigenvalue weighted by Crippen LogP contribution is 2.26. The number of carbonyl (C=O) groups is 3. The van der Waals surface area contributed by atoms with Gasteiger partial charge in [-0.2, -0.15) is 5.10 Å². The molecule has 0 atom stereocenters. The number of nitrogens with one attached hydrogen (secondary N) is 1. The zero-order chi connectivity index (χ0) is 11.7. The van der Waals surface area contributed by atoms with E-state index in [0.29, 0.717) is 0 Å². The van der Waals surface area contributed by atoms with Crippen molar-refractivity contribution < 1.29 is 19.5 Å². The number of aliphatic carboxylic acids is 1. The van der Waals surface area contributed by atoms with Crippen molar-refractivity contribution >= 4 is 29.3 Å². The summed E-state index contributed by atoms with van der Waals surface area (Å²) in [5.41, 5.74) is 0.352. The molecular weight excluding hydrogens is 232 g/mol. The molecule has 0 saturated carbocycles. The molecule has 1 heterocycles. The van der Waals surface area contributed by atoms with Crippen LogP contribution in [0.4, 0.5) is 0 Å². The molecule has 7 heteroatoms. The minimum absolute atomic E-state index is 0.140. The van der Waals surface area contributed by atoms with Crippen molar-refractivity contribution in [3.8, 4) is 0 Å². The Bertz CT molecular complexity index is 517. The van der Waals surface area contributed by atoms with E-state index < -0.39 is 5.97 Å². The summed E-state index contributed by atoms with van der Waals surface area (Å²) >= 11 is 0.834. The van der Waals surface area contributed by atoms with Crippen molar-refractivity contribution in [2.24, 2.45) is 0 Å². The predicted octanol–water partition coefficient (Wildman–Crippen LogP) is 0.490. The van der Waals surface area contributed by atoms with E-state index in [1.807, 2.05) is 0 Å². The highest BCUT2D eigenvalue weighted by Gasteiger charge is 2.27. The van der Waals surface area contributed by atoms with Gasteiger partial charge in [-0.1, -0.05) is 0 Å². The molecule has 1 aromatic rings. The lowest BCUT2D eigenvalue weighted by molar-refractivity contribution is -0.133. The molecule has 0 amide bonds. The Kier molecular flexibility index (Phi) is 2.61. The number of nitrogens with zero attached hydrogens (tertiary/aromatic N) is 1. The van der Waals surface area contributed by atoms with Crippen molar-refractivity contribution in [2.75, 3.05) is 5.75 Å². The van der Waals surface area contributed by atoms with Gasteiger partial charge in [0.2, 0.25) is 11.6 Å². The number of hydrogen-bond donors (Lipinski definition) is 2. The second-order valence-corrected chi connectivity index (χ2v) is 4.06. The Hall–Kier alpha value is -1.89. The summed E-state index contributed by atoms with van der Waals surface area (Å²) in [6.07, 6.45) is 2.40. The second-order valence-electron chi connectivity index (χ2n) is 3.04. The van der Waals surface area contributed by atoms with E-state index in [1.165, 1.54) is 6.20 Å². The summed E-state index contributed by atoms with van der Waals surface area (Å²) < 4.78 is 0. The molecule has 0 bridgehead atoms. The topological polar surface area (TPSA) is 100 Å².